The van der Waals surface area contributed by atoms with Gasteiger partial charge in [0.2, 0.25) is 5.91 Å². The first-order valence-corrected chi connectivity index (χ1v) is 11.0. The Hall–Kier alpha value is -2.67. The molecular weight excluding hydrogens is 398 g/mol. The van der Waals surface area contributed by atoms with Gasteiger partial charge in [-0.2, -0.15) is 0 Å². The highest BCUT2D eigenvalue weighted by Crippen LogP contribution is 2.34. The lowest BCUT2D eigenvalue weighted by atomic mass is 9.96. The van der Waals surface area contributed by atoms with Crippen molar-refractivity contribution < 1.29 is 14.4 Å². The second-order valence-corrected chi connectivity index (χ2v) is 9.82. The summed E-state index contributed by atoms with van der Waals surface area (Å²) in [6, 6.07) is 9.45. The van der Waals surface area contributed by atoms with E-state index in [1.165, 1.54) is 11.3 Å². The van der Waals surface area contributed by atoms with E-state index in [4.69, 9.17) is 0 Å². The molecule has 0 spiro atoms. The van der Waals surface area contributed by atoms with Crippen LogP contribution in [0, 0.1) is 12.3 Å². The van der Waals surface area contributed by atoms with Crippen LogP contribution in [0.2, 0.25) is 0 Å². The molecule has 6 nitrogen and oxygen atoms in total. The molecule has 1 aromatic heterocycles. The molecule has 0 saturated heterocycles. The number of nitrogens with zero attached hydrogens (tertiary/aromatic N) is 1. The van der Waals surface area contributed by atoms with Crippen LogP contribution >= 0.6 is 11.3 Å². The highest BCUT2D eigenvalue weighted by molar-refractivity contribution is 7.18. The molecule has 1 fully saturated rings. The summed E-state index contributed by atoms with van der Waals surface area (Å²) in [5.41, 5.74) is 1.95. The predicted octanol–water partition coefficient (Wildman–Crippen LogP) is 4.21. The van der Waals surface area contributed by atoms with Gasteiger partial charge in [0.05, 0.1) is 9.88 Å². The molecule has 1 heterocycles. The fraction of sp³-hybridized carbons (Fsp3) is 0.435. The van der Waals surface area contributed by atoms with Crippen LogP contribution in [0.5, 0.6) is 0 Å². The topological polar surface area (TPSA) is 78.5 Å². The quantitative estimate of drug-likeness (QED) is 0.725. The van der Waals surface area contributed by atoms with Crippen LogP contribution in [0.1, 0.15) is 64.8 Å². The molecule has 1 aromatic carbocycles. The Labute approximate surface area is 181 Å². The Morgan fingerprint density at radius 1 is 1.13 bits per heavy atom. The van der Waals surface area contributed by atoms with E-state index in [0.717, 1.165) is 24.0 Å². The number of amides is 3. The zero-order valence-electron chi connectivity index (χ0n) is 18.2. The highest BCUT2D eigenvalue weighted by atomic mass is 32.1. The number of carbonyl (C=O) groups excluding carboxylic acids is 3. The van der Waals surface area contributed by atoms with E-state index in [-0.39, 0.29) is 23.8 Å². The largest absolute Gasteiger partial charge is 0.355 e. The Balaban J connectivity index is 1.76. The molecule has 3 rings (SSSR count). The van der Waals surface area contributed by atoms with Gasteiger partial charge in [-0.25, -0.2) is 0 Å². The third kappa shape index (κ3) is 5.08. The van der Waals surface area contributed by atoms with Gasteiger partial charge in [-0.15, -0.1) is 11.3 Å². The van der Waals surface area contributed by atoms with E-state index in [2.05, 4.69) is 10.6 Å². The highest BCUT2D eigenvalue weighted by Gasteiger charge is 2.34. The minimum atomic E-state index is -0.497. The van der Waals surface area contributed by atoms with Gasteiger partial charge in [-0.05, 0) is 49.1 Å². The van der Waals surface area contributed by atoms with E-state index < -0.39 is 5.41 Å². The average Bonchev–Trinajstić information content (AvgIpc) is 3.47. The molecule has 1 aliphatic rings. The maximum Gasteiger partial charge on any atom is 0.264 e. The SMILES string of the molecule is CNC(=O)c1ccc(CN(C(=O)c2sc(NC(=O)C(C)(C)C)cc2C)C2CC2)cc1. The molecule has 160 valence electrons. The van der Waals surface area contributed by atoms with Crippen molar-refractivity contribution in [2.24, 2.45) is 5.41 Å². The molecule has 0 atom stereocenters. The zero-order valence-corrected chi connectivity index (χ0v) is 19.0. The summed E-state index contributed by atoms with van der Waals surface area (Å²) >= 11 is 1.33. The summed E-state index contributed by atoms with van der Waals surface area (Å²) in [5.74, 6) is -0.208. The van der Waals surface area contributed by atoms with Crippen molar-refractivity contribution in [1.29, 1.82) is 0 Å². The van der Waals surface area contributed by atoms with Gasteiger partial charge in [0.1, 0.15) is 0 Å². The second kappa shape index (κ2) is 8.60. The van der Waals surface area contributed by atoms with Crippen LogP contribution in [-0.2, 0) is 11.3 Å². The van der Waals surface area contributed by atoms with Crippen molar-refractivity contribution in [2.75, 3.05) is 12.4 Å². The maximum absolute atomic E-state index is 13.3. The zero-order chi connectivity index (χ0) is 22.1. The van der Waals surface area contributed by atoms with E-state index in [1.54, 1.807) is 19.2 Å². The van der Waals surface area contributed by atoms with Gasteiger partial charge in [0.25, 0.3) is 11.8 Å². The van der Waals surface area contributed by atoms with Gasteiger partial charge in [-0.3, -0.25) is 14.4 Å². The molecule has 7 heteroatoms. The lowest BCUT2D eigenvalue weighted by Gasteiger charge is -2.22. The first-order chi connectivity index (χ1) is 14.1. The van der Waals surface area contributed by atoms with Crippen molar-refractivity contribution >= 4 is 34.1 Å². The van der Waals surface area contributed by atoms with E-state index in [9.17, 15) is 14.4 Å². The van der Waals surface area contributed by atoms with Crippen molar-refractivity contribution in [1.82, 2.24) is 10.2 Å². The summed E-state index contributed by atoms with van der Waals surface area (Å²) in [6.07, 6.45) is 2.00. The molecular formula is C23H29N3O3S. The molecule has 0 radical (unpaired) electrons. The fourth-order valence-corrected chi connectivity index (χ4v) is 4.07. The summed E-state index contributed by atoms with van der Waals surface area (Å²) in [5, 5.41) is 6.23. The van der Waals surface area contributed by atoms with Crippen molar-refractivity contribution in [3.63, 3.8) is 0 Å². The Kier molecular flexibility index (Phi) is 6.31. The molecule has 1 saturated carbocycles. The molecule has 2 aromatic rings. The Morgan fingerprint density at radius 3 is 2.30 bits per heavy atom. The fourth-order valence-electron chi connectivity index (χ4n) is 3.04. The maximum atomic E-state index is 13.3. The third-order valence-electron chi connectivity index (χ3n) is 5.07. The van der Waals surface area contributed by atoms with Gasteiger partial charge in [-0.1, -0.05) is 32.9 Å². The minimum absolute atomic E-state index is 0.00774. The van der Waals surface area contributed by atoms with Crippen LogP contribution < -0.4 is 10.6 Å². The molecule has 0 bridgehead atoms. The monoisotopic (exact) mass is 427 g/mol. The number of anilines is 1. The minimum Gasteiger partial charge on any atom is -0.355 e. The molecule has 3 amide bonds. The number of hydrogen-bond donors (Lipinski definition) is 2. The number of aryl methyl sites for hydroxylation is 1. The average molecular weight is 428 g/mol. The van der Waals surface area contributed by atoms with Gasteiger partial charge in [0, 0.05) is 30.6 Å². The van der Waals surface area contributed by atoms with Crippen molar-refractivity contribution in [3.05, 3.63) is 51.9 Å². The van der Waals surface area contributed by atoms with Crippen LogP contribution in [0.15, 0.2) is 30.3 Å². The Bertz CT molecular complexity index is 953. The van der Waals surface area contributed by atoms with Crippen molar-refractivity contribution in [2.45, 2.75) is 53.1 Å². The third-order valence-corrected chi connectivity index (χ3v) is 6.22. The van der Waals surface area contributed by atoms with Crippen LogP contribution in [0.4, 0.5) is 5.00 Å². The van der Waals surface area contributed by atoms with Gasteiger partial charge >= 0.3 is 0 Å². The summed E-state index contributed by atoms with van der Waals surface area (Å²) in [6.45, 7) is 7.98. The van der Waals surface area contributed by atoms with Crippen molar-refractivity contribution in [3.8, 4) is 0 Å². The molecule has 30 heavy (non-hydrogen) atoms. The standard InChI is InChI=1S/C23H29N3O3S/c1-14-12-18(25-22(29)23(2,3)4)30-19(14)21(28)26(17-10-11-17)13-15-6-8-16(9-7-15)20(27)24-5/h6-9,12,17H,10-11,13H2,1-5H3,(H,24,27)(H,25,29). The number of benzene rings is 1. The molecule has 1 aliphatic carbocycles. The second-order valence-electron chi connectivity index (χ2n) is 8.77. The van der Waals surface area contributed by atoms with Gasteiger partial charge in [0.15, 0.2) is 0 Å². The smallest absolute Gasteiger partial charge is 0.264 e. The van der Waals surface area contributed by atoms with Crippen LogP contribution in [0.3, 0.4) is 0 Å². The number of carbonyl (C=O) groups is 3. The number of rotatable bonds is 6. The molecule has 0 unspecified atom stereocenters. The summed E-state index contributed by atoms with van der Waals surface area (Å²) < 4.78 is 0. The normalized spacial score (nSPS) is 13.6. The number of hydrogen-bond acceptors (Lipinski definition) is 4. The molecule has 2 N–H and O–H groups in total. The first-order valence-electron chi connectivity index (χ1n) is 10.1. The van der Waals surface area contributed by atoms with Gasteiger partial charge < -0.3 is 15.5 Å². The lowest BCUT2D eigenvalue weighted by Crippen LogP contribution is -2.32. The van der Waals surface area contributed by atoms with Crippen LogP contribution in [-0.4, -0.2) is 35.7 Å². The molecule has 0 aliphatic heterocycles. The van der Waals surface area contributed by atoms with E-state index in [0.29, 0.717) is 22.0 Å². The Morgan fingerprint density at radius 2 is 1.77 bits per heavy atom. The lowest BCUT2D eigenvalue weighted by molar-refractivity contribution is -0.123. The van der Waals surface area contributed by atoms with E-state index >= 15 is 0 Å². The predicted molar refractivity (Wildman–Crippen MR) is 120 cm³/mol. The number of thiophene rings is 1. The summed E-state index contributed by atoms with van der Waals surface area (Å²) in [4.78, 5) is 39.9. The van der Waals surface area contributed by atoms with E-state index in [1.807, 2.05) is 50.8 Å². The first kappa shape index (κ1) is 22.0. The van der Waals surface area contributed by atoms with Crippen LogP contribution in [0.25, 0.3) is 0 Å². The summed E-state index contributed by atoms with van der Waals surface area (Å²) in [7, 11) is 1.60. The number of nitrogens with one attached hydrogen (secondary N) is 2.